The molecule has 0 heterocycles. The van der Waals surface area contributed by atoms with Gasteiger partial charge in [0.15, 0.2) is 0 Å². The van der Waals surface area contributed by atoms with Gasteiger partial charge in [0, 0.05) is 0 Å². The van der Waals surface area contributed by atoms with Gasteiger partial charge in [0.2, 0.25) is 10.0 Å². The number of sulfonamides is 1. The predicted molar refractivity (Wildman–Crippen MR) is 94.4 cm³/mol. The van der Waals surface area contributed by atoms with Gasteiger partial charge in [0.1, 0.15) is 0 Å². The van der Waals surface area contributed by atoms with Crippen molar-refractivity contribution >= 4 is 10.0 Å². The molecule has 128 valence electrons. The number of hydrogen-bond acceptors (Lipinski definition) is 3. The second kappa shape index (κ2) is 6.67. The van der Waals surface area contributed by atoms with Crippen molar-refractivity contribution < 1.29 is 13.5 Å². The summed E-state index contributed by atoms with van der Waals surface area (Å²) in [6, 6.07) is 12.3. The first-order valence-electron chi connectivity index (χ1n) is 8.29. The molecule has 0 bridgehead atoms. The lowest BCUT2D eigenvalue weighted by molar-refractivity contribution is 0.121. The highest BCUT2D eigenvalue weighted by Crippen LogP contribution is 2.32. The molecule has 0 radical (unpaired) electrons. The third-order valence-electron chi connectivity index (χ3n) is 4.65. The molecule has 0 aliphatic heterocycles. The molecule has 2 aromatic rings. The molecule has 5 heteroatoms. The fourth-order valence-electron chi connectivity index (χ4n) is 3.19. The van der Waals surface area contributed by atoms with E-state index in [2.05, 4.69) is 4.72 Å². The van der Waals surface area contributed by atoms with Gasteiger partial charge in [-0.3, -0.25) is 0 Å². The van der Waals surface area contributed by atoms with Gasteiger partial charge >= 0.3 is 0 Å². The number of rotatable bonds is 4. The third kappa shape index (κ3) is 3.38. The van der Waals surface area contributed by atoms with Crippen LogP contribution in [0.5, 0.6) is 0 Å². The van der Waals surface area contributed by atoms with Crippen LogP contribution in [0.1, 0.15) is 41.6 Å². The average molecular weight is 345 g/mol. The molecule has 0 aromatic heterocycles. The van der Waals surface area contributed by atoms with Crippen LogP contribution in [0.3, 0.4) is 0 Å². The van der Waals surface area contributed by atoms with Crippen molar-refractivity contribution in [2.24, 2.45) is 0 Å². The number of aliphatic hydroxyl groups is 1. The third-order valence-corrected chi connectivity index (χ3v) is 6.11. The quantitative estimate of drug-likeness (QED) is 0.895. The number of fused-ring (bicyclic) bond motifs is 1. The Morgan fingerprint density at radius 2 is 1.88 bits per heavy atom. The second-order valence-electron chi connectivity index (χ2n) is 6.40. The van der Waals surface area contributed by atoms with Gasteiger partial charge in [-0.25, -0.2) is 13.1 Å². The lowest BCUT2D eigenvalue weighted by Gasteiger charge is -2.31. The Kier molecular flexibility index (Phi) is 4.76. The zero-order valence-corrected chi connectivity index (χ0v) is 14.8. The van der Waals surface area contributed by atoms with Crippen LogP contribution in [0.15, 0.2) is 47.4 Å². The zero-order valence-electron chi connectivity index (χ0n) is 14.0. The SMILES string of the molecule is CCc1ccc(S(=O)(=O)NC2c3cc(C)ccc3CC[C@H]2O)cc1. The summed E-state index contributed by atoms with van der Waals surface area (Å²) in [5, 5.41) is 10.4. The van der Waals surface area contributed by atoms with Crippen LogP contribution in [0.4, 0.5) is 0 Å². The lowest BCUT2D eigenvalue weighted by Crippen LogP contribution is -2.39. The van der Waals surface area contributed by atoms with E-state index in [4.69, 9.17) is 0 Å². The first kappa shape index (κ1) is 17.1. The van der Waals surface area contributed by atoms with Crippen LogP contribution in [0.2, 0.25) is 0 Å². The minimum atomic E-state index is -3.68. The molecular weight excluding hydrogens is 322 g/mol. The maximum atomic E-state index is 12.7. The predicted octanol–water partition coefficient (Wildman–Crippen LogP) is 2.88. The number of aryl methyl sites for hydroxylation is 3. The van der Waals surface area contributed by atoms with Crippen molar-refractivity contribution in [3.63, 3.8) is 0 Å². The number of benzene rings is 2. The van der Waals surface area contributed by atoms with Gasteiger partial charge in [0.05, 0.1) is 17.0 Å². The summed E-state index contributed by atoms with van der Waals surface area (Å²) in [4.78, 5) is 0.228. The van der Waals surface area contributed by atoms with Crippen molar-refractivity contribution in [2.75, 3.05) is 0 Å². The van der Waals surface area contributed by atoms with Crippen LogP contribution in [-0.2, 0) is 22.9 Å². The van der Waals surface area contributed by atoms with Crippen molar-refractivity contribution in [3.8, 4) is 0 Å². The maximum Gasteiger partial charge on any atom is 0.241 e. The Morgan fingerprint density at radius 1 is 1.17 bits per heavy atom. The van der Waals surface area contributed by atoms with E-state index < -0.39 is 22.2 Å². The van der Waals surface area contributed by atoms with Gasteiger partial charge < -0.3 is 5.11 Å². The topological polar surface area (TPSA) is 66.4 Å². The molecule has 4 nitrogen and oxygen atoms in total. The van der Waals surface area contributed by atoms with Gasteiger partial charge in [0.25, 0.3) is 0 Å². The molecule has 2 N–H and O–H groups in total. The molecule has 1 aliphatic carbocycles. The number of hydrogen-bond donors (Lipinski definition) is 2. The van der Waals surface area contributed by atoms with Crippen molar-refractivity contribution in [1.82, 2.24) is 4.72 Å². The standard InChI is InChI=1S/C19H23NO3S/c1-3-14-5-9-16(10-6-14)24(22,23)20-19-17-12-13(2)4-7-15(17)8-11-18(19)21/h4-7,9-10,12,18-21H,3,8,11H2,1-2H3/t18-,19?/m1/s1. The van der Waals surface area contributed by atoms with E-state index in [9.17, 15) is 13.5 Å². The van der Waals surface area contributed by atoms with Gasteiger partial charge in [-0.1, -0.05) is 42.8 Å². The highest BCUT2D eigenvalue weighted by molar-refractivity contribution is 7.89. The molecule has 2 atom stereocenters. The Balaban J connectivity index is 1.93. The lowest BCUT2D eigenvalue weighted by atomic mass is 9.85. The fraction of sp³-hybridized carbons (Fsp3) is 0.368. The zero-order chi connectivity index (χ0) is 17.3. The highest BCUT2D eigenvalue weighted by atomic mass is 32.2. The van der Waals surface area contributed by atoms with Crippen LogP contribution in [-0.4, -0.2) is 19.6 Å². The van der Waals surface area contributed by atoms with Gasteiger partial charge in [-0.2, -0.15) is 0 Å². The minimum Gasteiger partial charge on any atom is -0.391 e. The normalized spacial score (nSPS) is 20.6. The molecule has 1 unspecified atom stereocenters. The van der Waals surface area contributed by atoms with E-state index in [1.807, 2.05) is 44.2 Å². The molecule has 3 rings (SSSR count). The Labute approximate surface area is 143 Å². The molecule has 0 fully saturated rings. The summed E-state index contributed by atoms with van der Waals surface area (Å²) in [5.74, 6) is 0. The second-order valence-corrected chi connectivity index (χ2v) is 8.12. The summed E-state index contributed by atoms with van der Waals surface area (Å²) in [5.41, 5.74) is 4.12. The van der Waals surface area contributed by atoms with E-state index in [1.54, 1.807) is 12.1 Å². The number of nitrogens with one attached hydrogen (secondary N) is 1. The Hall–Kier alpha value is -1.69. The summed E-state index contributed by atoms with van der Waals surface area (Å²) >= 11 is 0. The van der Waals surface area contributed by atoms with Crippen molar-refractivity contribution in [1.29, 1.82) is 0 Å². The van der Waals surface area contributed by atoms with E-state index in [-0.39, 0.29) is 4.90 Å². The molecular formula is C19H23NO3S. The molecule has 0 saturated carbocycles. The van der Waals surface area contributed by atoms with Crippen LogP contribution >= 0.6 is 0 Å². The Morgan fingerprint density at radius 3 is 2.54 bits per heavy atom. The first-order valence-corrected chi connectivity index (χ1v) is 9.78. The summed E-state index contributed by atoms with van der Waals surface area (Å²) < 4.78 is 28.1. The first-order chi connectivity index (χ1) is 11.4. The van der Waals surface area contributed by atoms with E-state index in [0.717, 1.165) is 35.1 Å². The van der Waals surface area contributed by atoms with E-state index in [1.165, 1.54) is 0 Å². The monoisotopic (exact) mass is 345 g/mol. The summed E-state index contributed by atoms with van der Waals surface area (Å²) in [7, 11) is -3.68. The molecule has 0 spiro atoms. The Bertz CT molecular complexity index is 828. The molecule has 1 aliphatic rings. The largest absolute Gasteiger partial charge is 0.391 e. The van der Waals surface area contributed by atoms with Gasteiger partial charge in [-0.05, 0) is 55.0 Å². The van der Waals surface area contributed by atoms with Crippen LogP contribution in [0, 0.1) is 6.92 Å². The van der Waals surface area contributed by atoms with E-state index >= 15 is 0 Å². The highest BCUT2D eigenvalue weighted by Gasteiger charge is 2.32. The molecule has 24 heavy (non-hydrogen) atoms. The molecule has 2 aromatic carbocycles. The molecule has 0 amide bonds. The molecule has 0 saturated heterocycles. The van der Waals surface area contributed by atoms with Gasteiger partial charge in [-0.15, -0.1) is 0 Å². The van der Waals surface area contributed by atoms with Crippen molar-refractivity contribution in [3.05, 3.63) is 64.7 Å². The maximum absolute atomic E-state index is 12.7. The summed E-state index contributed by atoms with van der Waals surface area (Å²) in [6.45, 7) is 4.00. The van der Waals surface area contributed by atoms with E-state index in [0.29, 0.717) is 6.42 Å². The number of aliphatic hydroxyl groups excluding tert-OH is 1. The smallest absolute Gasteiger partial charge is 0.241 e. The fourth-order valence-corrected chi connectivity index (χ4v) is 4.44. The summed E-state index contributed by atoms with van der Waals surface area (Å²) in [6.07, 6.45) is 1.46. The van der Waals surface area contributed by atoms with Crippen molar-refractivity contribution in [2.45, 2.75) is 50.2 Å². The van der Waals surface area contributed by atoms with Crippen LogP contribution in [0.25, 0.3) is 0 Å². The minimum absolute atomic E-state index is 0.228. The van der Waals surface area contributed by atoms with Crippen LogP contribution < -0.4 is 4.72 Å². The average Bonchev–Trinajstić information content (AvgIpc) is 2.57.